The van der Waals surface area contributed by atoms with Crippen molar-refractivity contribution in [1.29, 1.82) is 0 Å². The summed E-state index contributed by atoms with van der Waals surface area (Å²) >= 11 is 0. The first-order valence-electron chi connectivity index (χ1n) is 8.53. The lowest BCUT2D eigenvalue weighted by Crippen LogP contribution is -2.49. The van der Waals surface area contributed by atoms with Crippen LogP contribution in [0.1, 0.15) is 25.5 Å². The van der Waals surface area contributed by atoms with Crippen LogP contribution in [0.15, 0.2) is 48.5 Å². The van der Waals surface area contributed by atoms with Gasteiger partial charge in [0.05, 0.1) is 12.3 Å². The summed E-state index contributed by atoms with van der Waals surface area (Å²) in [6, 6.07) is 13.7. The van der Waals surface area contributed by atoms with Crippen molar-refractivity contribution in [2.45, 2.75) is 32.1 Å². The van der Waals surface area contributed by atoms with Gasteiger partial charge in [0, 0.05) is 5.69 Å². The van der Waals surface area contributed by atoms with Crippen LogP contribution in [0.4, 0.5) is 5.69 Å². The smallest absolute Gasteiger partial charge is 0.265 e. The topological polar surface area (TPSA) is 93.7 Å². The number of hydrogen-bond acceptors (Lipinski definition) is 5. The minimum absolute atomic E-state index is 0.300. The predicted molar refractivity (Wildman–Crippen MR) is 102 cm³/mol. The van der Waals surface area contributed by atoms with E-state index in [0.29, 0.717) is 17.2 Å². The molecule has 0 saturated heterocycles. The maximum Gasteiger partial charge on any atom is 0.265 e. The number of hydrogen-bond donors (Lipinski definition) is 2. The van der Waals surface area contributed by atoms with Crippen LogP contribution in [0.2, 0.25) is 0 Å². The molecule has 0 radical (unpaired) electrons. The van der Waals surface area contributed by atoms with Gasteiger partial charge >= 0.3 is 0 Å². The first-order valence-corrected chi connectivity index (χ1v) is 10.4. The van der Waals surface area contributed by atoms with Crippen LogP contribution in [0.25, 0.3) is 0 Å². The van der Waals surface area contributed by atoms with E-state index >= 15 is 0 Å². The fraction of sp³-hybridized carbons (Fsp3) is 0.316. The van der Waals surface area contributed by atoms with Gasteiger partial charge in [0.15, 0.2) is 11.5 Å². The maximum atomic E-state index is 12.7. The summed E-state index contributed by atoms with van der Waals surface area (Å²) in [6.45, 7) is 3.60. The molecule has 0 fully saturated rings. The van der Waals surface area contributed by atoms with E-state index in [-0.39, 0.29) is 11.9 Å². The lowest BCUT2D eigenvalue weighted by Gasteiger charge is -2.31. The van der Waals surface area contributed by atoms with Crippen molar-refractivity contribution in [2.24, 2.45) is 0 Å². The Kier molecular flexibility index (Phi) is 5.27. The van der Waals surface area contributed by atoms with Crippen LogP contribution in [-0.4, -0.2) is 32.8 Å². The fourth-order valence-corrected chi connectivity index (χ4v) is 3.43. The number of para-hydroxylation sites is 2. The Bertz CT molecular complexity index is 945. The summed E-state index contributed by atoms with van der Waals surface area (Å²) in [7, 11) is -3.37. The Morgan fingerprint density at radius 2 is 1.74 bits per heavy atom. The zero-order valence-corrected chi connectivity index (χ0v) is 16.1. The molecule has 144 valence electrons. The van der Waals surface area contributed by atoms with Crippen LogP contribution in [0.3, 0.4) is 0 Å². The number of ether oxygens (including phenoxy) is 2. The van der Waals surface area contributed by atoms with Crippen molar-refractivity contribution >= 4 is 21.6 Å². The monoisotopic (exact) mass is 390 g/mol. The Morgan fingerprint density at radius 1 is 1.07 bits per heavy atom. The van der Waals surface area contributed by atoms with Crippen molar-refractivity contribution in [3.8, 4) is 11.5 Å². The van der Waals surface area contributed by atoms with E-state index in [2.05, 4.69) is 10.0 Å². The Hall–Kier alpha value is -2.74. The summed E-state index contributed by atoms with van der Waals surface area (Å²) in [5.74, 6) is 0.843. The molecule has 0 aromatic heterocycles. The van der Waals surface area contributed by atoms with Gasteiger partial charge in [-0.25, -0.2) is 8.42 Å². The van der Waals surface area contributed by atoms with Crippen molar-refractivity contribution < 1.29 is 22.7 Å². The van der Waals surface area contributed by atoms with Crippen molar-refractivity contribution in [2.75, 3.05) is 11.0 Å². The van der Waals surface area contributed by atoms with Gasteiger partial charge in [-0.1, -0.05) is 24.3 Å². The largest absolute Gasteiger partial charge is 0.482 e. The van der Waals surface area contributed by atoms with Crippen LogP contribution >= 0.6 is 0 Å². The van der Waals surface area contributed by atoms with Gasteiger partial charge in [-0.05, 0) is 43.7 Å². The molecular weight excluding hydrogens is 368 g/mol. The number of rotatable bonds is 5. The van der Waals surface area contributed by atoms with Crippen LogP contribution < -0.4 is 19.5 Å². The molecule has 1 heterocycles. The summed E-state index contributed by atoms with van der Waals surface area (Å²) in [6.07, 6.45) is -0.130. The normalized spacial score (nSPS) is 19.8. The molecule has 1 aliphatic rings. The van der Waals surface area contributed by atoms with Crippen LogP contribution in [0.5, 0.6) is 11.5 Å². The molecule has 0 bridgehead atoms. The summed E-state index contributed by atoms with van der Waals surface area (Å²) in [5.41, 5.74) is 1.21. The third-order valence-corrected chi connectivity index (χ3v) is 4.76. The first-order chi connectivity index (χ1) is 12.7. The molecule has 3 unspecified atom stereocenters. The van der Waals surface area contributed by atoms with Gasteiger partial charge < -0.3 is 14.8 Å². The quantitative estimate of drug-likeness (QED) is 0.818. The molecule has 0 aliphatic carbocycles. The second-order valence-corrected chi connectivity index (χ2v) is 8.29. The lowest BCUT2D eigenvalue weighted by atomic mass is 10.1. The van der Waals surface area contributed by atoms with Crippen molar-refractivity contribution in [3.05, 3.63) is 54.1 Å². The zero-order chi connectivity index (χ0) is 19.6. The molecule has 1 aliphatic heterocycles. The standard InChI is InChI=1S/C19H22N2O5S/c1-12(14-7-6-8-15(11-14)21-27(3,23)24)20-19(22)18-13(2)25-16-9-4-5-10-17(16)26-18/h4-13,18,21H,1-3H3,(H,20,22). The van der Waals surface area contributed by atoms with Gasteiger partial charge in [0.1, 0.15) is 6.10 Å². The molecule has 3 atom stereocenters. The first kappa shape index (κ1) is 19.0. The molecular formula is C19H22N2O5S. The van der Waals surface area contributed by atoms with Crippen LogP contribution in [-0.2, 0) is 14.8 Å². The number of amides is 1. The van der Waals surface area contributed by atoms with E-state index in [1.54, 1.807) is 37.3 Å². The molecule has 27 heavy (non-hydrogen) atoms. The molecule has 0 spiro atoms. The van der Waals surface area contributed by atoms with Gasteiger partial charge in [-0.3, -0.25) is 9.52 Å². The van der Waals surface area contributed by atoms with E-state index in [1.807, 2.05) is 25.1 Å². The molecule has 7 nitrogen and oxygen atoms in total. The van der Waals surface area contributed by atoms with E-state index in [1.165, 1.54) is 0 Å². The van der Waals surface area contributed by atoms with E-state index in [0.717, 1.165) is 11.8 Å². The van der Waals surface area contributed by atoms with Crippen molar-refractivity contribution in [1.82, 2.24) is 5.32 Å². The average molecular weight is 390 g/mol. The lowest BCUT2D eigenvalue weighted by molar-refractivity contribution is -0.134. The summed E-state index contributed by atoms with van der Waals surface area (Å²) in [4.78, 5) is 12.7. The molecule has 0 saturated carbocycles. The third-order valence-electron chi connectivity index (χ3n) is 4.15. The minimum atomic E-state index is -3.37. The molecule has 1 amide bonds. The highest BCUT2D eigenvalue weighted by Crippen LogP contribution is 2.33. The number of fused-ring (bicyclic) bond motifs is 1. The van der Waals surface area contributed by atoms with E-state index in [9.17, 15) is 13.2 Å². The second-order valence-electron chi connectivity index (χ2n) is 6.54. The number of benzene rings is 2. The SMILES string of the molecule is CC(NC(=O)C1Oc2ccccc2OC1C)c1cccc(NS(C)(=O)=O)c1. The number of anilines is 1. The summed E-state index contributed by atoms with van der Waals surface area (Å²) < 4.78 is 36.8. The number of carbonyl (C=O) groups is 1. The highest BCUT2D eigenvalue weighted by Gasteiger charge is 2.34. The van der Waals surface area contributed by atoms with Gasteiger partial charge in [-0.15, -0.1) is 0 Å². The molecule has 3 rings (SSSR count). The Labute approximate surface area is 158 Å². The van der Waals surface area contributed by atoms with Gasteiger partial charge in [-0.2, -0.15) is 0 Å². The third kappa shape index (κ3) is 4.71. The van der Waals surface area contributed by atoms with Gasteiger partial charge in [0.2, 0.25) is 16.1 Å². The highest BCUT2D eigenvalue weighted by molar-refractivity contribution is 7.92. The summed E-state index contributed by atoms with van der Waals surface area (Å²) in [5, 5.41) is 2.90. The number of nitrogens with one attached hydrogen (secondary N) is 2. The van der Waals surface area contributed by atoms with Crippen molar-refractivity contribution in [3.63, 3.8) is 0 Å². The molecule has 2 N–H and O–H groups in total. The highest BCUT2D eigenvalue weighted by atomic mass is 32.2. The molecule has 2 aromatic carbocycles. The maximum absolute atomic E-state index is 12.7. The molecule has 8 heteroatoms. The average Bonchev–Trinajstić information content (AvgIpc) is 2.59. The van der Waals surface area contributed by atoms with E-state index < -0.39 is 22.2 Å². The van der Waals surface area contributed by atoms with Crippen LogP contribution in [0, 0.1) is 0 Å². The number of carbonyl (C=O) groups excluding carboxylic acids is 1. The zero-order valence-electron chi connectivity index (χ0n) is 15.3. The van der Waals surface area contributed by atoms with E-state index in [4.69, 9.17) is 9.47 Å². The fourth-order valence-electron chi connectivity index (χ4n) is 2.87. The Balaban J connectivity index is 1.70. The number of sulfonamides is 1. The minimum Gasteiger partial charge on any atom is -0.482 e. The second kappa shape index (κ2) is 7.48. The Morgan fingerprint density at radius 3 is 2.41 bits per heavy atom. The molecule has 2 aromatic rings. The van der Waals surface area contributed by atoms with Gasteiger partial charge in [0.25, 0.3) is 5.91 Å². The predicted octanol–water partition coefficient (Wildman–Crippen LogP) is 2.46.